The summed E-state index contributed by atoms with van der Waals surface area (Å²) < 4.78 is 0. The summed E-state index contributed by atoms with van der Waals surface area (Å²) in [7, 11) is 0. The number of carbonyl (C=O) groups is 2. The molecule has 112 valence electrons. The third-order valence-corrected chi connectivity index (χ3v) is 3.71. The van der Waals surface area contributed by atoms with Crippen LogP contribution in [0, 0.1) is 0 Å². The van der Waals surface area contributed by atoms with Gasteiger partial charge in [-0.3, -0.25) is 9.59 Å². The third-order valence-electron chi connectivity index (χ3n) is 3.59. The Morgan fingerprint density at radius 3 is 2.57 bits per heavy atom. The summed E-state index contributed by atoms with van der Waals surface area (Å²) in [5.74, 6) is -0.233. The molecule has 0 aliphatic carbocycles. The number of rotatable bonds is 5. The Labute approximate surface area is 129 Å². The van der Waals surface area contributed by atoms with E-state index in [2.05, 4.69) is 11.9 Å². The van der Waals surface area contributed by atoms with E-state index in [1.165, 1.54) is 4.90 Å². The summed E-state index contributed by atoms with van der Waals surface area (Å²) in [5, 5.41) is 3.17. The molecular weight excluding hydrogens is 288 g/mol. The Morgan fingerprint density at radius 2 is 2.00 bits per heavy atom. The number of benzene rings is 1. The van der Waals surface area contributed by atoms with Gasteiger partial charge < -0.3 is 10.2 Å². The van der Waals surface area contributed by atoms with Crippen molar-refractivity contribution < 1.29 is 9.59 Å². The number of carbonyl (C=O) groups excluding carboxylic acids is 2. The molecule has 0 spiro atoms. The number of piperazine rings is 1. The minimum absolute atomic E-state index is 0.105. The molecule has 21 heavy (non-hydrogen) atoms. The second kappa shape index (κ2) is 6.76. The topological polar surface area (TPSA) is 49.4 Å². The fourth-order valence-corrected chi connectivity index (χ4v) is 2.72. The van der Waals surface area contributed by atoms with Gasteiger partial charge in [0.1, 0.15) is 12.1 Å². The maximum atomic E-state index is 12.6. The van der Waals surface area contributed by atoms with Crippen molar-refractivity contribution in [3.63, 3.8) is 0 Å². The van der Waals surface area contributed by atoms with Crippen LogP contribution in [-0.2, 0) is 16.0 Å². The van der Waals surface area contributed by atoms with Gasteiger partial charge in [-0.05, 0) is 12.0 Å². The van der Waals surface area contributed by atoms with Crippen LogP contribution < -0.4 is 5.32 Å². The molecule has 2 amide bonds. The largest absolute Gasteiger partial charge is 0.342 e. The zero-order valence-electron chi connectivity index (χ0n) is 12.0. The zero-order valence-corrected chi connectivity index (χ0v) is 12.8. The maximum absolute atomic E-state index is 12.6. The molecule has 1 heterocycles. The highest BCUT2D eigenvalue weighted by Crippen LogP contribution is 2.18. The van der Waals surface area contributed by atoms with Crippen LogP contribution in [0.5, 0.6) is 0 Å². The van der Waals surface area contributed by atoms with E-state index in [9.17, 15) is 9.59 Å². The summed E-state index contributed by atoms with van der Waals surface area (Å²) in [6, 6.07) is 8.61. The van der Waals surface area contributed by atoms with Crippen molar-refractivity contribution >= 4 is 23.4 Å². The van der Waals surface area contributed by atoms with Crippen molar-refractivity contribution in [1.29, 1.82) is 0 Å². The summed E-state index contributed by atoms with van der Waals surface area (Å²) >= 11 is 5.83. The molecule has 1 aliphatic heterocycles. The van der Waals surface area contributed by atoms with Crippen LogP contribution in [0.4, 0.5) is 0 Å². The quantitative estimate of drug-likeness (QED) is 0.905. The van der Waals surface area contributed by atoms with Gasteiger partial charge in [-0.15, -0.1) is 0 Å². The molecule has 0 saturated carbocycles. The molecule has 4 nitrogen and oxygen atoms in total. The smallest absolute Gasteiger partial charge is 0.246 e. The van der Waals surface area contributed by atoms with Crippen LogP contribution in [0.25, 0.3) is 0 Å². The molecule has 0 bridgehead atoms. The Balaban J connectivity index is 2.18. The normalized spacial score (nSPS) is 22.1. The van der Waals surface area contributed by atoms with Gasteiger partial charge >= 0.3 is 0 Å². The molecule has 2 unspecified atom stereocenters. The molecule has 5 heteroatoms. The number of amides is 2. The molecule has 1 saturated heterocycles. The predicted molar refractivity (Wildman–Crippen MR) is 82.9 cm³/mol. The van der Waals surface area contributed by atoms with Gasteiger partial charge in [0.25, 0.3) is 0 Å². The van der Waals surface area contributed by atoms with E-state index in [1.807, 2.05) is 37.3 Å². The standard InChI is InChI=1S/C16H19ClN2O2/c1-3-14-15(20)18-13(9-12-7-5-4-6-8-12)16(21)19(14)10-11(2)17/h4-8,13-14H,2-3,9-10H2,1H3,(H,18,20). The first kappa shape index (κ1) is 15.6. The van der Waals surface area contributed by atoms with Crippen molar-refractivity contribution in [1.82, 2.24) is 10.2 Å². The lowest BCUT2D eigenvalue weighted by Crippen LogP contribution is -2.63. The Kier molecular flexibility index (Phi) is 5.02. The van der Waals surface area contributed by atoms with Crippen molar-refractivity contribution in [3.05, 3.63) is 47.5 Å². The predicted octanol–water partition coefficient (Wildman–Crippen LogP) is 2.09. The maximum Gasteiger partial charge on any atom is 0.246 e. The van der Waals surface area contributed by atoms with Gasteiger partial charge in [0.2, 0.25) is 11.8 Å². The van der Waals surface area contributed by atoms with Gasteiger partial charge in [0, 0.05) is 11.5 Å². The second-order valence-electron chi connectivity index (χ2n) is 5.16. The first-order valence-corrected chi connectivity index (χ1v) is 7.38. The van der Waals surface area contributed by atoms with E-state index < -0.39 is 12.1 Å². The minimum Gasteiger partial charge on any atom is -0.342 e. The second-order valence-corrected chi connectivity index (χ2v) is 5.69. The monoisotopic (exact) mass is 306 g/mol. The average Bonchev–Trinajstić information content (AvgIpc) is 2.45. The summed E-state index contributed by atoms with van der Waals surface area (Å²) in [6.45, 7) is 5.71. The van der Waals surface area contributed by atoms with Crippen molar-refractivity contribution in [2.75, 3.05) is 6.54 Å². The molecule has 1 aliphatic rings. The van der Waals surface area contributed by atoms with Crippen molar-refractivity contribution in [2.45, 2.75) is 31.8 Å². The highest BCUT2D eigenvalue weighted by molar-refractivity contribution is 6.29. The summed E-state index contributed by atoms with van der Waals surface area (Å²) in [4.78, 5) is 26.3. The zero-order chi connectivity index (χ0) is 15.4. The lowest BCUT2D eigenvalue weighted by molar-refractivity contribution is -0.148. The highest BCUT2D eigenvalue weighted by Gasteiger charge is 2.39. The van der Waals surface area contributed by atoms with E-state index in [-0.39, 0.29) is 18.4 Å². The first-order valence-electron chi connectivity index (χ1n) is 7.01. The van der Waals surface area contributed by atoms with Crippen LogP contribution in [-0.4, -0.2) is 35.3 Å². The Bertz CT molecular complexity index is 544. The van der Waals surface area contributed by atoms with Crippen LogP contribution in [0.2, 0.25) is 0 Å². The molecule has 1 N–H and O–H groups in total. The Hall–Kier alpha value is -1.81. The van der Waals surface area contributed by atoms with E-state index in [4.69, 9.17) is 11.6 Å². The van der Waals surface area contributed by atoms with E-state index >= 15 is 0 Å². The molecule has 0 aromatic heterocycles. The molecule has 1 aromatic rings. The van der Waals surface area contributed by atoms with Crippen LogP contribution >= 0.6 is 11.6 Å². The van der Waals surface area contributed by atoms with Gasteiger partial charge in [0.05, 0.1) is 6.54 Å². The molecule has 0 radical (unpaired) electrons. The molecule has 1 fully saturated rings. The number of halogens is 1. The minimum atomic E-state index is -0.543. The van der Waals surface area contributed by atoms with Crippen LogP contribution in [0.1, 0.15) is 18.9 Å². The van der Waals surface area contributed by atoms with Gasteiger partial charge in [-0.25, -0.2) is 0 Å². The van der Waals surface area contributed by atoms with Crippen LogP contribution in [0.15, 0.2) is 41.9 Å². The SMILES string of the molecule is C=C(Cl)CN1C(=O)C(Cc2ccccc2)NC(=O)C1CC. The van der Waals surface area contributed by atoms with Gasteiger partial charge in [-0.1, -0.05) is 55.4 Å². The third kappa shape index (κ3) is 3.64. The highest BCUT2D eigenvalue weighted by atomic mass is 35.5. The number of nitrogens with zero attached hydrogens (tertiary/aromatic N) is 1. The Morgan fingerprint density at radius 1 is 1.33 bits per heavy atom. The fourth-order valence-electron chi connectivity index (χ4n) is 2.59. The molecule has 2 atom stereocenters. The number of hydrogen-bond acceptors (Lipinski definition) is 2. The first-order chi connectivity index (χ1) is 10.0. The van der Waals surface area contributed by atoms with E-state index in [0.29, 0.717) is 17.9 Å². The number of nitrogens with one attached hydrogen (secondary N) is 1. The average molecular weight is 307 g/mol. The van der Waals surface area contributed by atoms with Crippen molar-refractivity contribution in [2.24, 2.45) is 0 Å². The van der Waals surface area contributed by atoms with Crippen LogP contribution in [0.3, 0.4) is 0 Å². The lowest BCUT2D eigenvalue weighted by atomic mass is 9.99. The number of hydrogen-bond donors (Lipinski definition) is 1. The summed E-state index contributed by atoms with van der Waals surface area (Å²) in [5.41, 5.74) is 1.01. The molecule has 1 aromatic carbocycles. The fraction of sp³-hybridized carbons (Fsp3) is 0.375. The lowest BCUT2D eigenvalue weighted by Gasteiger charge is -2.38. The molecule has 2 rings (SSSR count). The van der Waals surface area contributed by atoms with Crippen molar-refractivity contribution in [3.8, 4) is 0 Å². The molecular formula is C16H19ClN2O2. The van der Waals surface area contributed by atoms with E-state index in [0.717, 1.165) is 5.56 Å². The van der Waals surface area contributed by atoms with E-state index in [1.54, 1.807) is 0 Å². The van der Waals surface area contributed by atoms with Gasteiger partial charge in [-0.2, -0.15) is 0 Å². The van der Waals surface area contributed by atoms with Gasteiger partial charge in [0.15, 0.2) is 0 Å². The summed E-state index contributed by atoms with van der Waals surface area (Å²) in [6.07, 6.45) is 1.03.